The Labute approximate surface area is 74.2 Å². The second-order valence-corrected chi connectivity index (χ2v) is 3.05. The molecular weight excluding hydrogens is 162 g/mol. The van der Waals surface area contributed by atoms with Gasteiger partial charge in [0, 0.05) is 12.5 Å². The van der Waals surface area contributed by atoms with Gasteiger partial charge in [0.25, 0.3) is 0 Å². The van der Waals surface area contributed by atoms with Crippen LogP contribution in [0.5, 0.6) is 0 Å². The maximum absolute atomic E-state index is 10.7. The number of rotatable bonds is 2. The number of Topliss-reactive ketones (excluding diaryl/α,β-unsaturated/α-hetero) is 1. The van der Waals surface area contributed by atoms with Gasteiger partial charge in [0.05, 0.1) is 0 Å². The zero-order valence-electron chi connectivity index (χ0n) is 6.93. The first kappa shape index (κ1) is 10.9. The predicted octanol–water partition coefficient (Wildman–Crippen LogP) is 1.53. The van der Waals surface area contributed by atoms with Crippen LogP contribution in [0.25, 0.3) is 0 Å². The molecule has 1 N–H and O–H groups in total. The molecule has 1 aliphatic heterocycles. The van der Waals surface area contributed by atoms with Crippen molar-refractivity contribution in [2.24, 2.45) is 0 Å². The molecule has 1 saturated heterocycles. The first-order chi connectivity index (χ1) is 4.79. The number of carbonyl (C=O) groups excluding carboxylic acids is 1. The largest absolute Gasteiger partial charge is 0.314 e. The van der Waals surface area contributed by atoms with Gasteiger partial charge in [0.2, 0.25) is 0 Å². The van der Waals surface area contributed by atoms with Gasteiger partial charge in [-0.15, -0.1) is 12.4 Å². The molecule has 1 atom stereocenters. The lowest BCUT2D eigenvalue weighted by Crippen LogP contribution is -2.35. The third kappa shape index (κ3) is 4.38. The van der Waals surface area contributed by atoms with Gasteiger partial charge in [0.1, 0.15) is 5.78 Å². The van der Waals surface area contributed by atoms with Crippen molar-refractivity contribution >= 4 is 18.2 Å². The Morgan fingerprint density at radius 3 is 2.73 bits per heavy atom. The van der Waals surface area contributed by atoms with Crippen molar-refractivity contribution in [3.8, 4) is 0 Å². The van der Waals surface area contributed by atoms with Crippen LogP contribution < -0.4 is 5.32 Å². The van der Waals surface area contributed by atoms with E-state index in [0.717, 1.165) is 13.0 Å². The third-order valence-electron chi connectivity index (χ3n) is 1.95. The topological polar surface area (TPSA) is 29.1 Å². The van der Waals surface area contributed by atoms with Crippen LogP contribution in [-0.4, -0.2) is 18.4 Å². The first-order valence-electron chi connectivity index (χ1n) is 4.02. The van der Waals surface area contributed by atoms with Gasteiger partial charge >= 0.3 is 0 Å². The van der Waals surface area contributed by atoms with E-state index in [1.54, 1.807) is 6.92 Å². The van der Waals surface area contributed by atoms with Gasteiger partial charge in [-0.2, -0.15) is 0 Å². The SMILES string of the molecule is CC(=O)CC1CCCCN1.Cl. The fraction of sp³-hybridized carbons (Fsp3) is 0.875. The molecule has 11 heavy (non-hydrogen) atoms. The van der Waals surface area contributed by atoms with E-state index in [0.29, 0.717) is 11.8 Å². The minimum absolute atomic E-state index is 0. The molecule has 1 rings (SSSR count). The summed E-state index contributed by atoms with van der Waals surface area (Å²) < 4.78 is 0. The molecular formula is C8H16ClNO. The normalized spacial score (nSPS) is 23.9. The quantitative estimate of drug-likeness (QED) is 0.693. The van der Waals surface area contributed by atoms with E-state index in [9.17, 15) is 4.79 Å². The minimum Gasteiger partial charge on any atom is -0.314 e. The van der Waals surface area contributed by atoms with Gasteiger partial charge in [-0.1, -0.05) is 6.42 Å². The highest BCUT2D eigenvalue weighted by molar-refractivity contribution is 5.85. The van der Waals surface area contributed by atoms with Crippen molar-refractivity contribution in [2.45, 2.75) is 38.6 Å². The highest BCUT2D eigenvalue weighted by atomic mass is 35.5. The molecule has 0 aliphatic carbocycles. The van der Waals surface area contributed by atoms with Crippen LogP contribution in [0.15, 0.2) is 0 Å². The van der Waals surface area contributed by atoms with E-state index in [2.05, 4.69) is 5.32 Å². The molecule has 0 saturated carbocycles. The lowest BCUT2D eigenvalue weighted by Gasteiger charge is -2.21. The second-order valence-electron chi connectivity index (χ2n) is 3.05. The lowest BCUT2D eigenvalue weighted by atomic mass is 10.0. The number of piperidine rings is 1. The van der Waals surface area contributed by atoms with Crippen molar-refractivity contribution in [1.82, 2.24) is 5.32 Å². The van der Waals surface area contributed by atoms with Gasteiger partial charge < -0.3 is 5.32 Å². The lowest BCUT2D eigenvalue weighted by molar-refractivity contribution is -0.117. The highest BCUT2D eigenvalue weighted by Crippen LogP contribution is 2.09. The summed E-state index contributed by atoms with van der Waals surface area (Å²) in [5.41, 5.74) is 0. The molecule has 1 heterocycles. The smallest absolute Gasteiger partial charge is 0.131 e. The van der Waals surface area contributed by atoms with Crippen molar-refractivity contribution < 1.29 is 4.79 Å². The van der Waals surface area contributed by atoms with Crippen LogP contribution in [0.4, 0.5) is 0 Å². The summed E-state index contributed by atoms with van der Waals surface area (Å²) in [7, 11) is 0. The molecule has 1 fully saturated rings. The number of hydrogen-bond acceptors (Lipinski definition) is 2. The number of carbonyl (C=O) groups is 1. The Morgan fingerprint density at radius 1 is 1.55 bits per heavy atom. The molecule has 66 valence electrons. The van der Waals surface area contributed by atoms with Gasteiger partial charge in [-0.05, 0) is 26.3 Å². The highest BCUT2D eigenvalue weighted by Gasteiger charge is 2.13. The van der Waals surface area contributed by atoms with E-state index in [4.69, 9.17) is 0 Å². The van der Waals surface area contributed by atoms with Crippen LogP contribution in [0, 0.1) is 0 Å². The molecule has 0 radical (unpaired) electrons. The van der Waals surface area contributed by atoms with Crippen LogP contribution in [0.2, 0.25) is 0 Å². The number of ketones is 1. The van der Waals surface area contributed by atoms with Gasteiger partial charge in [-0.25, -0.2) is 0 Å². The minimum atomic E-state index is 0. The zero-order valence-corrected chi connectivity index (χ0v) is 7.75. The number of hydrogen-bond donors (Lipinski definition) is 1. The van der Waals surface area contributed by atoms with Gasteiger partial charge in [0.15, 0.2) is 0 Å². The standard InChI is InChI=1S/C8H15NO.ClH/c1-7(10)6-8-4-2-3-5-9-8;/h8-9H,2-6H2,1H3;1H. The monoisotopic (exact) mass is 177 g/mol. The third-order valence-corrected chi connectivity index (χ3v) is 1.95. The fourth-order valence-electron chi connectivity index (χ4n) is 1.45. The summed E-state index contributed by atoms with van der Waals surface area (Å²) in [5, 5.41) is 3.33. The Hall–Kier alpha value is -0.0800. The van der Waals surface area contributed by atoms with Crippen molar-refractivity contribution in [3.05, 3.63) is 0 Å². The van der Waals surface area contributed by atoms with Crippen molar-refractivity contribution in [2.75, 3.05) is 6.54 Å². The second kappa shape index (κ2) is 5.56. The summed E-state index contributed by atoms with van der Waals surface area (Å²) in [5.74, 6) is 0.305. The molecule has 0 amide bonds. The van der Waals surface area contributed by atoms with Crippen molar-refractivity contribution in [1.29, 1.82) is 0 Å². The average Bonchev–Trinajstić information content (AvgIpc) is 1.88. The van der Waals surface area contributed by atoms with Crippen molar-refractivity contribution in [3.63, 3.8) is 0 Å². The fourth-order valence-corrected chi connectivity index (χ4v) is 1.45. The average molecular weight is 178 g/mol. The van der Waals surface area contributed by atoms with E-state index in [1.807, 2.05) is 0 Å². The summed E-state index contributed by atoms with van der Waals surface area (Å²) in [4.78, 5) is 10.7. The molecule has 0 spiro atoms. The number of nitrogens with one attached hydrogen (secondary N) is 1. The summed E-state index contributed by atoms with van der Waals surface area (Å²) in [6.45, 7) is 2.76. The Kier molecular flexibility index (Phi) is 5.51. The first-order valence-corrected chi connectivity index (χ1v) is 4.02. The molecule has 1 aliphatic rings. The maximum atomic E-state index is 10.7. The summed E-state index contributed by atoms with van der Waals surface area (Å²) in [6.07, 6.45) is 4.46. The molecule has 0 aromatic carbocycles. The van der Waals surface area contributed by atoms with Crippen LogP contribution in [-0.2, 0) is 4.79 Å². The van der Waals surface area contributed by atoms with E-state index >= 15 is 0 Å². The zero-order chi connectivity index (χ0) is 7.40. The van der Waals surface area contributed by atoms with E-state index in [-0.39, 0.29) is 12.4 Å². The number of halogens is 1. The molecule has 0 aromatic heterocycles. The molecule has 3 heteroatoms. The van der Waals surface area contributed by atoms with E-state index < -0.39 is 0 Å². The predicted molar refractivity (Wildman–Crippen MR) is 48.2 cm³/mol. The van der Waals surface area contributed by atoms with Crippen LogP contribution in [0.3, 0.4) is 0 Å². The molecule has 2 nitrogen and oxygen atoms in total. The van der Waals surface area contributed by atoms with Crippen LogP contribution in [0.1, 0.15) is 32.6 Å². The van der Waals surface area contributed by atoms with Crippen LogP contribution >= 0.6 is 12.4 Å². The Bertz CT molecular complexity index is 121. The molecule has 1 unspecified atom stereocenters. The summed E-state index contributed by atoms with van der Waals surface area (Å²) >= 11 is 0. The summed E-state index contributed by atoms with van der Waals surface area (Å²) in [6, 6.07) is 0.478. The van der Waals surface area contributed by atoms with Gasteiger partial charge in [-0.3, -0.25) is 4.79 Å². The van der Waals surface area contributed by atoms with E-state index in [1.165, 1.54) is 19.3 Å². The Balaban J connectivity index is 0.000001000. The molecule has 0 aromatic rings. The molecule has 0 bridgehead atoms. The maximum Gasteiger partial charge on any atom is 0.131 e. The Morgan fingerprint density at radius 2 is 2.27 bits per heavy atom.